The highest BCUT2D eigenvalue weighted by Gasteiger charge is 2.14. The lowest BCUT2D eigenvalue weighted by molar-refractivity contribution is 0.122. The number of para-hydroxylation sites is 1. The zero-order chi connectivity index (χ0) is 17.3. The Hall–Kier alpha value is -1.74. The number of rotatable bonds is 6. The highest BCUT2D eigenvalue weighted by molar-refractivity contribution is 14.0. The maximum atomic E-state index is 5.46. The number of nitrogens with zero attached hydrogens (tertiary/aromatic N) is 2. The number of furan rings is 1. The van der Waals surface area contributed by atoms with Gasteiger partial charge in [-0.2, -0.15) is 0 Å². The number of guanidine groups is 1. The van der Waals surface area contributed by atoms with Gasteiger partial charge >= 0.3 is 0 Å². The van der Waals surface area contributed by atoms with E-state index in [2.05, 4.69) is 46.7 Å². The molecule has 0 radical (unpaired) electrons. The number of ether oxygens (including phenoxy) is 1. The minimum absolute atomic E-state index is 0. The van der Waals surface area contributed by atoms with Gasteiger partial charge in [-0.1, -0.05) is 18.2 Å². The van der Waals surface area contributed by atoms with E-state index >= 15 is 0 Å². The van der Waals surface area contributed by atoms with Crippen LogP contribution in [0.5, 0.6) is 0 Å². The SMILES string of the molecule is CCNC(=NCc1ccccc1N1CCOCC1)NCc1ccco1.I. The lowest BCUT2D eigenvalue weighted by atomic mass is 10.1. The summed E-state index contributed by atoms with van der Waals surface area (Å²) >= 11 is 0. The van der Waals surface area contributed by atoms with E-state index in [-0.39, 0.29) is 24.0 Å². The second-order valence-corrected chi connectivity index (χ2v) is 5.86. The van der Waals surface area contributed by atoms with E-state index in [1.165, 1.54) is 11.3 Å². The molecule has 0 amide bonds. The van der Waals surface area contributed by atoms with E-state index in [0.717, 1.165) is 44.6 Å². The first-order valence-electron chi connectivity index (χ1n) is 8.82. The van der Waals surface area contributed by atoms with Gasteiger partial charge in [0.2, 0.25) is 0 Å². The van der Waals surface area contributed by atoms with Gasteiger partial charge in [0.25, 0.3) is 0 Å². The van der Waals surface area contributed by atoms with Gasteiger partial charge in [-0.05, 0) is 30.7 Å². The second-order valence-electron chi connectivity index (χ2n) is 5.86. The molecule has 2 N–H and O–H groups in total. The molecule has 0 unspecified atom stereocenters. The Bertz CT molecular complexity index is 670. The van der Waals surface area contributed by atoms with Crippen molar-refractivity contribution in [2.75, 3.05) is 37.7 Å². The molecule has 3 rings (SSSR count). The number of nitrogens with one attached hydrogen (secondary N) is 2. The third-order valence-corrected chi connectivity index (χ3v) is 4.11. The van der Waals surface area contributed by atoms with Crippen LogP contribution in [0.25, 0.3) is 0 Å². The van der Waals surface area contributed by atoms with Crippen LogP contribution < -0.4 is 15.5 Å². The fourth-order valence-corrected chi connectivity index (χ4v) is 2.85. The zero-order valence-corrected chi connectivity index (χ0v) is 17.4. The summed E-state index contributed by atoms with van der Waals surface area (Å²) < 4.78 is 10.8. The molecule has 1 saturated heterocycles. The fraction of sp³-hybridized carbons (Fsp3) is 0.421. The summed E-state index contributed by atoms with van der Waals surface area (Å²) in [6.45, 7) is 7.54. The number of hydrogen-bond acceptors (Lipinski definition) is 4. The van der Waals surface area contributed by atoms with Crippen molar-refractivity contribution in [1.29, 1.82) is 0 Å². The lowest BCUT2D eigenvalue weighted by Gasteiger charge is -2.30. The Balaban J connectivity index is 0.00000243. The third kappa shape index (κ3) is 5.91. The van der Waals surface area contributed by atoms with E-state index < -0.39 is 0 Å². The predicted molar refractivity (Wildman–Crippen MR) is 115 cm³/mol. The standard InChI is InChI=1S/C19H26N4O2.HI/c1-2-20-19(22-15-17-7-5-11-25-17)21-14-16-6-3-4-8-18(16)23-9-12-24-13-10-23;/h3-8,11H,2,9-10,12-15H2,1H3,(H2,20,21,22);1H. The van der Waals surface area contributed by atoms with Crippen molar-refractivity contribution in [3.05, 3.63) is 54.0 Å². The molecule has 7 heteroatoms. The maximum Gasteiger partial charge on any atom is 0.191 e. The van der Waals surface area contributed by atoms with Crippen molar-refractivity contribution in [1.82, 2.24) is 10.6 Å². The van der Waals surface area contributed by atoms with Crippen LogP contribution in [0, 0.1) is 0 Å². The molecule has 0 spiro atoms. The van der Waals surface area contributed by atoms with E-state index in [1.807, 2.05) is 12.1 Å². The summed E-state index contributed by atoms with van der Waals surface area (Å²) in [5, 5.41) is 6.58. The molecule has 142 valence electrons. The largest absolute Gasteiger partial charge is 0.467 e. The van der Waals surface area contributed by atoms with Crippen LogP contribution in [0.3, 0.4) is 0 Å². The van der Waals surface area contributed by atoms with Gasteiger partial charge in [0.15, 0.2) is 5.96 Å². The molecule has 26 heavy (non-hydrogen) atoms. The predicted octanol–water partition coefficient (Wildman–Crippen LogP) is 2.99. The smallest absolute Gasteiger partial charge is 0.191 e. The summed E-state index contributed by atoms with van der Waals surface area (Å²) in [4.78, 5) is 7.11. The van der Waals surface area contributed by atoms with Crippen LogP contribution in [0.2, 0.25) is 0 Å². The molecule has 2 aromatic rings. The first kappa shape index (κ1) is 20.6. The molecule has 1 aromatic carbocycles. The van der Waals surface area contributed by atoms with Crippen molar-refractivity contribution in [3.63, 3.8) is 0 Å². The second kappa shape index (κ2) is 11.1. The summed E-state index contributed by atoms with van der Waals surface area (Å²) in [7, 11) is 0. The van der Waals surface area contributed by atoms with Crippen LogP contribution in [-0.4, -0.2) is 38.8 Å². The van der Waals surface area contributed by atoms with Crippen LogP contribution in [0.1, 0.15) is 18.2 Å². The van der Waals surface area contributed by atoms with Crippen LogP contribution in [-0.2, 0) is 17.8 Å². The van der Waals surface area contributed by atoms with Gasteiger partial charge in [0.05, 0.1) is 32.6 Å². The monoisotopic (exact) mass is 470 g/mol. The minimum atomic E-state index is 0. The Morgan fingerprint density at radius 2 is 1.92 bits per heavy atom. The number of aliphatic imine (C=N–C) groups is 1. The Kier molecular flexibility index (Phi) is 8.76. The molecule has 0 atom stereocenters. The van der Waals surface area contributed by atoms with Gasteiger partial charge in [-0.25, -0.2) is 4.99 Å². The molecule has 1 aliphatic rings. The molecule has 1 aliphatic heterocycles. The molecule has 1 aromatic heterocycles. The molecule has 0 saturated carbocycles. The van der Waals surface area contributed by atoms with Gasteiger partial charge in [-0.15, -0.1) is 24.0 Å². The van der Waals surface area contributed by atoms with Gasteiger partial charge < -0.3 is 24.7 Å². The topological polar surface area (TPSA) is 62.0 Å². The third-order valence-electron chi connectivity index (χ3n) is 4.11. The van der Waals surface area contributed by atoms with Crippen LogP contribution >= 0.6 is 24.0 Å². The first-order valence-corrected chi connectivity index (χ1v) is 8.82. The number of benzene rings is 1. The summed E-state index contributed by atoms with van der Waals surface area (Å²) in [5.41, 5.74) is 2.47. The number of morpholine rings is 1. The summed E-state index contributed by atoms with van der Waals surface area (Å²) in [5.74, 6) is 1.68. The van der Waals surface area contributed by atoms with E-state index in [4.69, 9.17) is 14.1 Å². The van der Waals surface area contributed by atoms with Crippen molar-refractivity contribution in [2.24, 2.45) is 4.99 Å². The molecule has 0 aliphatic carbocycles. The zero-order valence-electron chi connectivity index (χ0n) is 15.1. The molecule has 2 heterocycles. The molecular weight excluding hydrogens is 443 g/mol. The van der Waals surface area contributed by atoms with Gasteiger partial charge in [0.1, 0.15) is 5.76 Å². The average Bonchev–Trinajstić information content (AvgIpc) is 3.18. The van der Waals surface area contributed by atoms with Crippen molar-refractivity contribution < 1.29 is 9.15 Å². The van der Waals surface area contributed by atoms with Crippen LogP contribution in [0.15, 0.2) is 52.1 Å². The van der Waals surface area contributed by atoms with E-state index in [0.29, 0.717) is 13.1 Å². The highest BCUT2D eigenvalue weighted by Crippen LogP contribution is 2.22. The Labute approximate surface area is 172 Å². The van der Waals surface area contributed by atoms with Crippen molar-refractivity contribution in [3.8, 4) is 0 Å². The summed E-state index contributed by atoms with van der Waals surface area (Å²) in [6, 6.07) is 12.3. The lowest BCUT2D eigenvalue weighted by Crippen LogP contribution is -2.37. The average molecular weight is 470 g/mol. The van der Waals surface area contributed by atoms with E-state index in [1.54, 1.807) is 6.26 Å². The van der Waals surface area contributed by atoms with Crippen molar-refractivity contribution >= 4 is 35.6 Å². The number of halogens is 1. The quantitative estimate of drug-likeness (QED) is 0.386. The highest BCUT2D eigenvalue weighted by atomic mass is 127. The molecule has 1 fully saturated rings. The summed E-state index contributed by atoms with van der Waals surface area (Å²) in [6.07, 6.45) is 1.68. The Morgan fingerprint density at radius 1 is 1.12 bits per heavy atom. The Morgan fingerprint density at radius 3 is 2.65 bits per heavy atom. The number of hydrogen-bond donors (Lipinski definition) is 2. The molecular formula is C19H27IN4O2. The van der Waals surface area contributed by atoms with Crippen LogP contribution in [0.4, 0.5) is 5.69 Å². The fourth-order valence-electron chi connectivity index (χ4n) is 2.85. The maximum absolute atomic E-state index is 5.46. The van der Waals surface area contributed by atoms with Crippen molar-refractivity contribution in [2.45, 2.75) is 20.0 Å². The molecule has 0 bridgehead atoms. The van der Waals surface area contributed by atoms with E-state index in [9.17, 15) is 0 Å². The normalized spacial score (nSPS) is 14.7. The van der Waals surface area contributed by atoms with Gasteiger partial charge in [0, 0.05) is 25.3 Å². The number of anilines is 1. The van der Waals surface area contributed by atoms with Gasteiger partial charge in [-0.3, -0.25) is 0 Å². The minimum Gasteiger partial charge on any atom is -0.467 e. The molecule has 6 nitrogen and oxygen atoms in total. The first-order chi connectivity index (χ1) is 12.4.